The first-order valence-corrected chi connectivity index (χ1v) is 11.5. The van der Waals surface area contributed by atoms with E-state index in [1.165, 1.54) is 25.2 Å². The summed E-state index contributed by atoms with van der Waals surface area (Å²) >= 11 is 0. The van der Waals surface area contributed by atoms with Gasteiger partial charge in [0.25, 0.3) is 5.91 Å². The largest absolute Gasteiger partial charge is 0.490 e. The van der Waals surface area contributed by atoms with E-state index in [0.29, 0.717) is 31.1 Å². The molecule has 0 bridgehead atoms. The number of amides is 2. The summed E-state index contributed by atoms with van der Waals surface area (Å²) in [6.07, 6.45) is 0.677. The van der Waals surface area contributed by atoms with Crippen molar-refractivity contribution in [2.45, 2.75) is 37.6 Å². The lowest BCUT2D eigenvalue weighted by Gasteiger charge is -2.23. The van der Waals surface area contributed by atoms with E-state index in [1.807, 2.05) is 20.8 Å². The fourth-order valence-electron chi connectivity index (χ4n) is 2.61. The van der Waals surface area contributed by atoms with Crippen LogP contribution in [-0.4, -0.2) is 76.6 Å². The van der Waals surface area contributed by atoms with Crippen molar-refractivity contribution in [2.75, 3.05) is 40.0 Å². The van der Waals surface area contributed by atoms with E-state index in [0.717, 1.165) is 4.90 Å². The zero-order valence-corrected chi connectivity index (χ0v) is 19.4. The van der Waals surface area contributed by atoms with Crippen molar-refractivity contribution < 1.29 is 37.0 Å². The summed E-state index contributed by atoms with van der Waals surface area (Å²) < 4.78 is 42.8. The van der Waals surface area contributed by atoms with Gasteiger partial charge in [-0.1, -0.05) is 0 Å². The summed E-state index contributed by atoms with van der Waals surface area (Å²) in [4.78, 5) is 36.8. The number of hydrogen-bond donors (Lipinski definition) is 2. The lowest BCUT2D eigenvalue weighted by atomic mass is 10.1. The van der Waals surface area contributed by atoms with E-state index in [4.69, 9.17) is 14.2 Å². The highest BCUT2D eigenvalue weighted by Crippen LogP contribution is 2.31. The minimum atomic E-state index is -4.02. The van der Waals surface area contributed by atoms with Crippen molar-refractivity contribution in [1.82, 2.24) is 14.9 Å². The quantitative estimate of drug-likeness (QED) is 0.507. The van der Waals surface area contributed by atoms with Gasteiger partial charge in [-0.3, -0.25) is 14.4 Å². The number of carbonyl (C=O) groups is 3. The Kier molecular flexibility index (Phi) is 8.44. The lowest BCUT2D eigenvalue weighted by Crippen LogP contribution is -2.47. The van der Waals surface area contributed by atoms with E-state index in [1.54, 1.807) is 0 Å². The molecule has 1 aromatic carbocycles. The molecule has 2 N–H and O–H groups in total. The third-order valence-electron chi connectivity index (χ3n) is 4.11. The Labute approximate surface area is 187 Å². The monoisotopic (exact) mass is 471 g/mol. The number of nitrogens with one attached hydrogen (secondary N) is 2. The number of carbonyl (C=O) groups excluding carboxylic acids is 3. The summed E-state index contributed by atoms with van der Waals surface area (Å²) in [7, 11) is -2.63. The van der Waals surface area contributed by atoms with Crippen molar-refractivity contribution in [1.29, 1.82) is 0 Å². The van der Waals surface area contributed by atoms with E-state index in [2.05, 4.69) is 10.0 Å². The molecule has 178 valence electrons. The fraction of sp³-hybridized carbons (Fsp3) is 0.550. The number of sulfonamides is 1. The molecular weight excluding hydrogens is 442 g/mol. The topological polar surface area (TPSA) is 140 Å². The Hall–Kier alpha value is -2.86. The molecule has 0 aliphatic carbocycles. The standard InChI is InChI=1S/C20H29N3O8S/c1-20(2,3)22-17(24)12-23(4)18(25)13-31-19(26)11-21-32(27,28)14-6-7-15-16(10-14)30-9-5-8-29-15/h6-7,10,21H,5,8-9,11-13H2,1-4H3,(H,22,24). The van der Waals surface area contributed by atoms with Crippen LogP contribution in [0.15, 0.2) is 23.1 Å². The number of hydrogen-bond acceptors (Lipinski definition) is 8. The molecule has 1 heterocycles. The third-order valence-corrected chi connectivity index (χ3v) is 5.51. The van der Waals surface area contributed by atoms with Crippen LogP contribution in [0, 0.1) is 0 Å². The van der Waals surface area contributed by atoms with Gasteiger partial charge in [0, 0.05) is 25.1 Å². The molecular formula is C20H29N3O8S. The van der Waals surface area contributed by atoms with Crippen LogP contribution < -0.4 is 19.5 Å². The Morgan fingerprint density at radius 1 is 1.12 bits per heavy atom. The second kappa shape index (κ2) is 10.6. The molecule has 0 fully saturated rings. The van der Waals surface area contributed by atoms with Crippen LogP contribution in [0.3, 0.4) is 0 Å². The first kappa shape index (κ1) is 25.4. The number of rotatable bonds is 8. The number of esters is 1. The van der Waals surface area contributed by atoms with Crippen molar-refractivity contribution in [3.05, 3.63) is 18.2 Å². The smallest absolute Gasteiger partial charge is 0.321 e. The summed E-state index contributed by atoms with van der Waals surface area (Å²) in [6, 6.07) is 4.13. The minimum Gasteiger partial charge on any atom is -0.490 e. The second-order valence-corrected chi connectivity index (χ2v) is 9.96. The van der Waals surface area contributed by atoms with E-state index in [9.17, 15) is 22.8 Å². The van der Waals surface area contributed by atoms with Crippen LogP contribution in [-0.2, 0) is 29.1 Å². The summed E-state index contributed by atoms with van der Waals surface area (Å²) in [6.45, 7) is 4.80. The van der Waals surface area contributed by atoms with Gasteiger partial charge < -0.3 is 24.4 Å². The third kappa shape index (κ3) is 8.00. The fourth-order valence-corrected chi connectivity index (χ4v) is 3.60. The normalized spacial score (nSPS) is 13.6. The van der Waals surface area contributed by atoms with Gasteiger partial charge in [0.05, 0.1) is 24.7 Å². The average Bonchev–Trinajstić information content (AvgIpc) is 2.93. The molecule has 0 unspecified atom stereocenters. The molecule has 0 aromatic heterocycles. The van der Waals surface area contributed by atoms with Gasteiger partial charge in [-0.25, -0.2) is 8.42 Å². The van der Waals surface area contributed by atoms with Crippen LogP contribution in [0.4, 0.5) is 0 Å². The molecule has 1 aliphatic rings. The van der Waals surface area contributed by atoms with Gasteiger partial charge in [-0.2, -0.15) is 4.72 Å². The van der Waals surface area contributed by atoms with E-state index >= 15 is 0 Å². The van der Waals surface area contributed by atoms with Crippen molar-refractivity contribution in [3.8, 4) is 11.5 Å². The van der Waals surface area contributed by atoms with Gasteiger partial charge in [0.1, 0.15) is 6.54 Å². The molecule has 0 spiro atoms. The van der Waals surface area contributed by atoms with Crippen LogP contribution in [0.5, 0.6) is 11.5 Å². The van der Waals surface area contributed by atoms with Gasteiger partial charge in [-0.15, -0.1) is 0 Å². The van der Waals surface area contributed by atoms with Gasteiger partial charge in [0.2, 0.25) is 15.9 Å². The molecule has 0 saturated carbocycles. The van der Waals surface area contributed by atoms with E-state index < -0.39 is 40.6 Å². The second-order valence-electron chi connectivity index (χ2n) is 8.19. The van der Waals surface area contributed by atoms with Gasteiger partial charge >= 0.3 is 5.97 Å². The van der Waals surface area contributed by atoms with Crippen molar-refractivity contribution in [3.63, 3.8) is 0 Å². The zero-order chi connectivity index (χ0) is 23.9. The van der Waals surface area contributed by atoms with Crippen molar-refractivity contribution in [2.24, 2.45) is 0 Å². The first-order chi connectivity index (χ1) is 14.9. The number of ether oxygens (including phenoxy) is 3. The molecule has 1 aliphatic heterocycles. The SMILES string of the molecule is CN(CC(=O)NC(C)(C)C)C(=O)COC(=O)CNS(=O)(=O)c1ccc2c(c1)OCCCO2. The van der Waals surface area contributed by atoms with Crippen LogP contribution in [0.1, 0.15) is 27.2 Å². The minimum absolute atomic E-state index is 0.102. The molecule has 32 heavy (non-hydrogen) atoms. The van der Waals surface area contributed by atoms with Crippen LogP contribution in [0.2, 0.25) is 0 Å². The molecule has 1 aromatic rings. The predicted molar refractivity (Wildman–Crippen MR) is 114 cm³/mol. The number of benzene rings is 1. The molecule has 0 saturated heterocycles. The highest BCUT2D eigenvalue weighted by molar-refractivity contribution is 7.89. The Morgan fingerprint density at radius 3 is 2.44 bits per heavy atom. The highest BCUT2D eigenvalue weighted by Gasteiger charge is 2.22. The maximum Gasteiger partial charge on any atom is 0.321 e. The predicted octanol–water partition coefficient (Wildman–Crippen LogP) is 0.0425. The number of fused-ring (bicyclic) bond motifs is 1. The summed E-state index contributed by atoms with van der Waals surface area (Å²) in [5, 5.41) is 2.71. The highest BCUT2D eigenvalue weighted by atomic mass is 32.2. The molecule has 12 heteroatoms. The summed E-state index contributed by atoms with van der Waals surface area (Å²) in [5.74, 6) is -1.16. The molecule has 2 rings (SSSR count). The molecule has 11 nitrogen and oxygen atoms in total. The number of nitrogens with zero attached hydrogens (tertiary/aromatic N) is 1. The van der Waals surface area contributed by atoms with Gasteiger partial charge in [-0.05, 0) is 32.9 Å². The molecule has 2 amide bonds. The number of likely N-dealkylation sites (N-methyl/N-ethyl adjacent to an activating group) is 1. The maximum atomic E-state index is 12.5. The first-order valence-electron chi connectivity index (χ1n) is 9.97. The zero-order valence-electron chi connectivity index (χ0n) is 18.6. The Morgan fingerprint density at radius 2 is 1.78 bits per heavy atom. The Bertz CT molecular complexity index is 956. The van der Waals surface area contributed by atoms with Crippen LogP contribution in [0.25, 0.3) is 0 Å². The molecule has 0 atom stereocenters. The van der Waals surface area contributed by atoms with Gasteiger partial charge in [0.15, 0.2) is 18.1 Å². The maximum absolute atomic E-state index is 12.5. The van der Waals surface area contributed by atoms with E-state index in [-0.39, 0.29) is 17.3 Å². The lowest BCUT2D eigenvalue weighted by molar-refractivity contribution is -0.151. The molecule has 0 radical (unpaired) electrons. The van der Waals surface area contributed by atoms with Crippen LogP contribution >= 0.6 is 0 Å². The average molecular weight is 472 g/mol. The van der Waals surface area contributed by atoms with Crippen molar-refractivity contribution >= 4 is 27.8 Å². The summed E-state index contributed by atoms with van der Waals surface area (Å²) in [5.41, 5.74) is -0.443. The Balaban J connectivity index is 1.82.